The van der Waals surface area contributed by atoms with E-state index in [1.165, 1.54) is 4.90 Å². The van der Waals surface area contributed by atoms with E-state index in [2.05, 4.69) is 0 Å². The van der Waals surface area contributed by atoms with E-state index in [4.69, 9.17) is 18.9 Å². The summed E-state index contributed by atoms with van der Waals surface area (Å²) < 4.78 is 24.1. The molecule has 4 atom stereocenters. The van der Waals surface area contributed by atoms with Gasteiger partial charge in [-0.3, -0.25) is 4.90 Å². The molecule has 1 fully saturated rings. The summed E-state index contributed by atoms with van der Waals surface area (Å²) in [5.74, 6) is -0.559. The van der Waals surface area contributed by atoms with Crippen LogP contribution < -0.4 is 0 Å². The average Bonchev–Trinajstić information content (AvgIpc) is 3.38. The number of nitrogens with zero attached hydrogens (tertiary/aromatic N) is 1. The SMILES string of the molecule is O=C[C@H]1[C@H](OCc2ccccc2)[C@H](OCc2ccccc2)[C@@H](COC(=O)c2ccccc2)N1C(=O)OCc1ccccc1. The lowest BCUT2D eigenvalue weighted by atomic mass is 10.1. The first-order valence-electron chi connectivity index (χ1n) is 14.1. The predicted molar refractivity (Wildman–Crippen MR) is 159 cm³/mol. The molecule has 0 spiro atoms. The Labute approximate surface area is 250 Å². The molecule has 220 valence electrons. The maximum Gasteiger partial charge on any atom is 0.411 e. The number of amides is 1. The van der Waals surface area contributed by atoms with Crippen LogP contribution in [0.5, 0.6) is 0 Å². The molecular formula is C35H33NO7. The molecule has 4 aromatic rings. The number of benzene rings is 4. The van der Waals surface area contributed by atoms with Crippen LogP contribution in [0.1, 0.15) is 27.0 Å². The summed E-state index contributed by atoms with van der Waals surface area (Å²) in [5.41, 5.74) is 2.95. The third-order valence-corrected chi connectivity index (χ3v) is 7.24. The lowest BCUT2D eigenvalue weighted by Gasteiger charge is -2.28. The number of carbonyl (C=O) groups excluding carboxylic acids is 3. The maximum atomic E-state index is 13.6. The number of rotatable bonds is 12. The minimum Gasteiger partial charge on any atom is -0.460 e. The second-order valence-electron chi connectivity index (χ2n) is 10.1. The lowest BCUT2D eigenvalue weighted by molar-refractivity contribution is -0.118. The fourth-order valence-electron chi connectivity index (χ4n) is 5.07. The first-order valence-corrected chi connectivity index (χ1v) is 14.1. The molecule has 0 bridgehead atoms. The second-order valence-corrected chi connectivity index (χ2v) is 10.1. The summed E-state index contributed by atoms with van der Waals surface area (Å²) in [6.45, 7) is 0.148. The Kier molecular flexibility index (Phi) is 10.3. The highest BCUT2D eigenvalue weighted by atomic mass is 16.6. The smallest absolute Gasteiger partial charge is 0.411 e. The molecule has 0 aromatic heterocycles. The molecular weight excluding hydrogens is 546 g/mol. The number of ether oxygens (including phenoxy) is 4. The van der Waals surface area contributed by atoms with Crippen LogP contribution in [-0.4, -0.2) is 54.1 Å². The molecule has 1 heterocycles. The van der Waals surface area contributed by atoms with Gasteiger partial charge in [0.15, 0.2) is 0 Å². The van der Waals surface area contributed by atoms with Gasteiger partial charge in [0.25, 0.3) is 0 Å². The van der Waals surface area contributed by atoms with E-state index in [0.29, 0.717) is 11.8 Å². The normalized spacial score (nSPS) is 19.5. The van der Waals surface area contributed by atoms with Crippen LogP contribution in [0, 0.1) is 0 Å². The van der Waals surface area contributed by atoms with E-state index >= 15 is 0 Å². The molecule has 0 N–H and O–H groups in total. The molecule has 1 saturated heterocycles. The van der Waals surface area contributed by atoms with Gasteiger partial charge in [0.05, 0.1) is 24.8 Å². The summed E-state index contributed by atoms with van der Waals surface area (Å²) in [4.78, 5) is 40.5. The van der Waals surface area contributed by atoms with E-state index in [1.54, 1.807) is 30.3 Å². The minimum absolute atomic E-state index is 0.00333. The van der Waals surface area contributed by atoms with Crippen molar-refractivity contribution in [3.8, 4) is 0 Å². The molecule has 1 amide bonds. The number of likely N-dealkylation sites (tertiary alicyclic amines) is 1. The first-order chi connectivity index (χ1) is 21.1. The van der Waals surface area contributed by atoms with Crippen molar-refractivity contribution in [1.29, 1.82) is 0 Å². The van der Waals surface area contributed by atoms with Crippen LogP contribution in [0.15, 0.2) is 121 Å². The number of hydrogen-bond donors (Lipinski definition) is 0. The van der Waals surface area contributed by atoms with E-state index in [1.807, 2.05) is 91.0 Å². The molecule has 5 rings (SSSR count). The van der Waals surface area contributed by atoms with Crippen LogP contribution in [0.3, 0.4) is 0 Å². The van der Waals surface area contributed by atoms with Gasteiger partial charge in [-0.2, -0.15) is 0 Å². The molecule has 0 saturated carbocycles. The third kappa shape index (κ3) is 7.74. The first kappa shape index (κ1) is 29.7. The van der Waals surface area contributed by atoms with E-state index in [9.17, 15) is 14.4 Å². The van der Waals surface area contributed by atoms with Gasteiger partial charge >= 0.3 is 12.1 Å². The zero-order chi connectivity index (χ0) is 29.9. The highest BCUT2D eigenvalue weighted by Crippen LogP contribution is 2.32. The Bertz CT molecular complexity index is 1450. The molecule has 8 heteroatoms. The molecule has 43 heavy (non-hydrogen) atoms. The third-order valence-electron chi connectivity index (χ3n) is 7.24. The van der Waals surface area contributed by atoms with Crippen molar-refractivity contribution in [1.82, 2.24) is 4.90 Å². The van der Waals surface area contributed by atoms with Crippen molar-refractivity contribution in [2.75, 3.05) is 6.61 Å². The Balaban J connectivity index is 1.43. The fourth-order valence-corrected chi connectivity index (χ4v) is 5.07. The number of esters is 1. The zero-order valence-corrected chi connectivity index (χ0v) is 23.6. The predicted octanol–water partition coefficient (Wildman–Crippen LogP) is 5.60. The molecule has 1 aliphatic heterocycles. The highest BCUT2D eigenvalue weighted by molar-refractivity contribution is 5.89. The molecule has 4 aromatic carbocycles. The van der Waals surface area contributed by atoms with Gasteiger partial charge in [0.2, 0.25) is 0 Å². The van der Waals surface area contributed by atoms with Crippen molar-refractivity contribution in [3.63, 3.8) is 0 Å². The molecule has 0 unspecified atom stereocenters. The monoisotopic (exact) mass is 579 g/mol. The second kappa shape index (κ2) is 14.9. The Hall–Kier alpha value is -4.79. The maximum absolute atomic E-state index is 13.6. The van der Waals surface area contributed by atoms with Gasteiger partial charge in [0, 0.05) is 0 Å². The number of hydrogen-bond acceptors (Lipinski definition) is 7. The zero-order valence-electron chi connectivity index (χ0n) is 23.6. The van der Waals surface area contributed by atoms with Gasteiger partial charge < -0.3 is 23.7 Å². The van der Waals surface area contributed by atoms with Crippen LogP contribution >= 0.6 is 0 Å². The van der Waals surface area contributed by atoms with Crippen molar-refractivity contribution in [3.05, 3.63) is 144 Å². The van der Waals surface area contributed by atoms with E-state index in [-0.39, 0.29) is 26.4 Å². The fraction of sp³-hybridized carbons (Fsp3) is 0.229. The van der Waals surface area contributed by atoms with Gasteiger partial charge in [0.1, 0.15) is 37.7 Å². The van der Waals surface area contributed by atoms with Crippen LogP contribution in [-0.2, 0) is 43.6 Å². The van der Waals surface area contributed by atoms with Crippen molar-refractivity contribution >= 4 is 18.3 Å². The lowest BCUT2D eigenvalue weighted by Crippen LogP contribution is -2.47. The summed E-state index contributed by atoms with van der Waals surface area (Å²) in [6.07, 6.45) is -1.74. The van der Waals surface area contributed by atoms with Gasteiger partial charge in [-0.1, -0.05) is 109 Å². The summed E-state index contributed by atoms with van der Waals surface area (Å²) >= 11 is 0. The van der Waals surface area contributed by atoms with Crippen molar-refractivity contribution in [2.24, 2.45) is 0 Å². The minimum atomic E-state index is -1.05. The summed E-state index contributed by atoms with van der Waals surface area (Å²) in [7, 11) is 0. The van der Waals surface area contributed by atoms with Crippen molar-refractivity contribution in [2.45, 2.75) is 44.1 Å². The Morgan fingerprint density at radius 1 is 0.605 bits per heavy atom. The molecule has 8 nitrogen and oxygen atoms in total. The largest absolute Gasteiger partial charge is 0.460 e. The highest BCUT2D eigenvalue weighted by Gasteiger charge is 2.54. The number of carbonyl (C=O) groups is 3. The van der Waals surface area contributed by atoms with E-state index < -0.39 is 36.4 Å². The summed E-state index contributed by atoms with van der Waals surface area (Å²) in [5, 5.41) is 0. The Morgan fingerprint density at radius 3 is 1.58 bits per heavy atom. The molecule has 1 aliphatic rings. The van der Waals surface area contributed by atoms with Gasteiger partial charge in [-0.15, -0.1) is 0 Å². The molecule has 0 radical (unpaired) electrons. The molecule has 0 aliphatic carbocycles. The average molecular weight is 580 g/mol. The van der Waals surface area contributed by atoms with Crippen LogP contribution in [0.25, 0.3) is 0 Å². The topological polar surface area (TPSA) is 91.4 Å². The van der Waals surface area contributed by atoms with Gasteiger partial charge in [-0.05, 0) is 28.8 Å². The quantitative estimate of drug-likeness (QED) is 0.159. The van der Waals surface area contributed by atoms with Crippen LogP contribution in [0.4, 0.5) is 4.79 Å². The summed E-state index contributed by atoms with van der Waals surface area (Å²) in [6, 6.07) is 35.0. The standard InChI is InChI=1S/C35H33NO7/c37-21-30-32(40-22-26-13-5-1-6-14-26)33(41-23-27-15-7-2-8-16-27)31(25-42-34(38)29-19-11-4-12-20-29)36(30)35(39)43-24-28-17-9-3-10-18-28/h1-21,30-33H,22-25H2/t30-,31+,32-,33+/m0/s1. The number of aldehydes is 1. The van der Waals surface area contributed by atoms with Crippen molar-refractivity contribution < 1.29 is 33.3 Å². The van der Waals surface area contributed by atoms with Crippen LogP contribution in [0.2, 0.25) is 0 Å². The Morgan fingerprint density at radius 2 is 1.07 bits per heavy atom. The van der Waals surface area contributed by atoms with Gasteiger partial charge in [-0.25, -0.2) is 9.59 Å². The van der Waals surface area contributed by atoms with E-state index in [0.717, 1.165) is 16.7 Å².